The first kappa shape index (κ1) is 10.3. The average Bonchev–Trinajstić information content (AvgIpc) is 2.02. The van der Waals surface area contributed by atoms with Gasteiger partial charge < -0.3 is 5.73 Å². The summed E-state index contributed by atoms with van der Waals surface area (Å²) in [6.07, 6.45) is 1.42. The van der Waals surface area contributed by atoms with E-state index in [0.717, 1.165) is 0 Å². The third-order valence-electron chi connectivity index (χ3n) is 1.27. The van der Waals surface area contributed by atoms with E-state index in [2.05, 4.69) is 4.98 Å². The Balaban J connectivity index is 2.87. The van der Waals surface area contributed by atoms with Crippen LogP contribution < -0.4 is 5.73 Å². The Bertz CT molecular complexity index is 287. The highest BCUT2D eigenvalue weighted by atomic mass is 32.2. The molecule has 0 bridgehead atoms. The van der Waals surface area contributed by atoms with Crippen molar-refractivity contribution in [2.24, 2.45) is 5.73 Å². The second-order valence-corrected chi connectivity index (χ2v) is 3.31. The molecule has 0 saturated carbocycles. The molecule has 0 aliphatic rings. The Morgan fingerprint density at radius 3 is 2.69 bits per heavy atom. The molecule has 0 aliphatic carbocycles. The lowest BCUT2D eigenvalue weighted by molar-refractivity contribution is -0.0328. The van der Waals surface area contributed by atoms with Crippen molar-refractivity contribution in [2.75, 3.05) is 0 Å². The molecule has 1 aromatic rings. The van der Waals surface area contributed by atoms with Gasteiger partial charge in [0.05, 0.1) is 5.69 Å². The molecule has 0 aliphatic heterocycles. The number of pyridine rings is 1. The van der Waals surface area contributed by atoms with Crippen LogP contribution >= 0.6 is 11.8 Å². The zero-order valence-corrected chi connectivity index (χ0v) is 7.32. The zero-order chi connectivity index (χ0) is 9.90. The molecule has 1 rings (SSSR count). The summed E-state index contributed by atoms with van der Waals surface area (Å²) >= 11 is -0.191. The predicted molar refractivity (Wildman–Crippen MR) is 44.0 cm³/mol. The molecule has 2 N–H and O–H groups in total. The topological polar surface area (TPSA) is 38.9 Å². The molecule has 0 radical (unpaired) electrons. The summed E-state index contributed by atoms with van der Waals surface area (Å²) in [5.74, 6) is 0. The lowest BCUT2D eigenvalue weighted by Crippen LogP contribution is -2.05. The van der Waals surface area contributed by atoms with Gasteiger partial charge in [-0.2, -0.15) is 13.2 Å². The van der Waals surface area contributed by atoms with Crippen molar-refractivity contribution >= 4 is 11.8 Å². The zero-order valence-electron chi connectivity index (χ0n) is 6.51. The fourth-order valence-corrected chi connectivity index (χ4v) is 1.44. The molecule has 1 aromatic heterocycles. The normalized spacial score (nSPS) is 11.7. The molecular weight excluding hydrogens is 201 g/mol. The van der Waals surface area contributed by atoms with Gasteiger partial charge in [0.25, 0.3) is 0 Å². The summed E-state index contributed by atoms with van der Waals surface area (Å²) in [6.45, 7) is 0.0131. The van der Waals surface area contributed by atoms with Crippen LogP contribution in [0.25, 0.3) is 0 Å². The third kappa shape index (κ3) is 3.23. The van der Waals surface area contributed by atoms with Gasteiger partial charge in [0.2, 0.25) is 0 Å². The summed E-state index contributed by atoms with van der Waals surface area (Å²) < 4.78 is 35.9. The number of nitrogens with two attached hydrogens (primary N) is 1. The van der Waals surface area contributed by atoms with E-state index in [4.69, 9.17) is 5.73 Å². The fraction of sp³-hybridized carbons (Fsp3) is 0.286. The van der Waals surface area contributed by atoms with Crippen LogP contribution in [0, 0.1) is 0 Å². The van der Waals surface area contributed by atoms with Gasteiger partial charge in [-0.3, -0.25) is 4.98 Å². The highest BCUT2D eigenvalue weighted by Crippen LogP contribution is 2.37. The van der Waals surface area contributed by atoms with Crippen LogP contribution in [0.3, 0.4) is 0 Å². The Hall–Kier alpha value is -0.750. The number of thioether (sulfide) groups is 1. The maximum absolute atomic E-state index is 12.0. The molecule has 72 valence electrons. The summed E-state index contributed by atoms with van der Waals surface area (Å²) in [5.41, 5.74) is 1.21. The van der Waals surface area contributed by atoms with Crippen LogP contribution in [0.5, 0.6) is 0 Å². The molecule has 2 nitrogen and oxygen atoms in total. The Kier molecular flexibility index (Phi) is 3.16. The molecule has 1 heterocycles. The van der Waals surface area contributed by atoms with E-state index in [9.17, 15) is 13.2 Å². The number of alkyl halides is 3. The monoisotopic (exact) mass is 208 g/mol. The minimum Gasteiger partial charge on any atom is -0.325 e. The molecular formula is C7H7F3N2S. The first-order chi connectivity index (χ1) is 6.03. The number of aromatic nitrogens is 1. The van der Waals surface area contributed by atoms with Crippen LogP contribution in [-0.2, 0) is 6.54 Å². The van der Waals surface area contributed by atoms with E-state index in [0.29, 0.717) is 0 Å². The molecule has 0 unspecified atom stereocenters. The predicted octanol–water partition coefficient (Wildman–Crippen LogP) is 2.15. The lowest BCUT2D eigenvalue weighted by Gasteiger charge is -2.07. The molecule has 0 spiro atoms. The maximum Gasteiger partial charge on any atom is 0.446 e. The fourth-order valence-electron chi connectivity index (χ4n) is 0.794. The number of rotatable bonds is 2. The molecule has 13 heavy (non-hydrogen) atoms. The van der Waals surface area contributed by atoms with Crippen LogP contribution in [0.2, 0.25) is 0 Å². The minimum absolute atomic E-state index is 0.0131. The number of hydrogen-bond donors (Lipinski definition) is 1. The van der Waals surface area contributed by atoms with Crippen molar-refractivity contribution in [3.63, 3.8) is 0 Å². The van der Waals surface area contributed by atoms with E-state index in [1.54, 1.807) is 0 Å². The SMILES string of the molecule is NCc1ncccc1SC(F)(F)F. The van der Waals surface area contributed by atoms with Crippen LogP contribution in [0.4, 0.5) is 13.2 Å². The van der Waals surface area contributed by atoms with Crippen molar-refractivity contribution in [1.82, 2.24) is 4.98 Å². The van der Waals surface area contributed by atoms with Crippen LogP contribution in [0.1, 0.15) is 5.69 Å². The van der Waals surface area contributed by atoms with Crippen molar-refractivity contribution in [3.05, 3.63) is 24.0 Å². The van der Waals surface area contributed by atoms with Gasteiger partial charge in [-0.25, -0.2) is 0 Å². The van der Waals surface area contributed by atoms with E-state index in [1.807, 2.05) is 0 Å². The van der Waals surface area contributed by atoms with E-state index >= 15 is 0 Å². The maximum atomic E-state index is 12.0. The highest BCUT2D eigenvalue weighted by molar-refractivity contribution is 8.00. The second-order valence-electron chi connectivity index (χ2n) is 2.20. The molecule has 6 heteroatoms. The van der Waals surface area contributed by atoms with Crippen molar-refractivity contribution in [1.29, 1.82) is 0 Å². The van der Waals surface area contributed by atoms with Crippen molar-refractivity contribution in [2.45, 2.75) is 16.9 Å². The van der Waals surface area contributed by atoms with Crippen LogP contribution in [-0.4, -0.2) is 10.5 Å². The summed E-state index contributed by atoms with van der Waals surface area (Å²) in [5, 5.41) is 0. The van der Waals surface area contributed by atoms with Gasteiger partial charge in [-0.05, 0) is 23.9 Å². The largest absolute Gasteiger partial charge is 0.446 e. The summed E-state index contributed by atoms with van der Waals surface area (Å²) in [7, 11) is 0. The molecule has 0 atom stereocenters. The van der Waals surface area contributed by atoms with Crippen molar-refractivity contribution < 1.29 is 13.2 Å². The highest BCUT2D eigenvalue weighted by Gasteiger charge is 2.30. The van der Waals surface area contributed by atoms with Crippen molar-refractivity contribution in [3.8, 4) is 0 Å². The first-order valence-electron chi connectivity index (χ1n) is 3.42. The van der Waals surface area contributed by atoms with Gasteiger partial charge >= 0.3 is 5.51 Å². The van der Waals surface area contributed by atoms with E-state index < -0.39 is 5.51 Å². The molecule has 0 saturated heterocycles. The van der Waals surface area contributed by atoms with Gasteiger partial charge in [0.15, 0.2) is 0 Å². The molecule has 0 aromatic carbocycles. The Morgan fingerprint density at radius 2 is 2.15 bits per heavy atom. The minimum atomic E-state index is -4.28. The average molecular weight is 208 g/mol. The van der Waals surface area contributed by atoms with E-state index in [1.165, 1.54) is 18.3 Å². The molecule has 0 amide bonds. The second kappa shape index (κ2) is 3.97. The lowest BCUT2D eigenvalue weighted by atomic mass is 10.3. The molecule has 0 fully saturated rings. The van der Waals surface area contributed by atoms with Gasteiger partial charge in [-0.15, -0.1) is 0 Å². The first-order valence-corrected chi connectivity index (χ1v) is 4.24. The van der Waals surface area contributed by atoms with Gasteiger partial charge in [0, 0.05) is 17.6 Å². The van der Waals surface area contributed by atoms with Gasteiger partial charge in [0.1, 0.15) is 0 Å². The summed E-state index contributed by atoms with van der Waals surface area (Å²) in [6, 6.07) is 2.81. The number of hydrogen-bond acceptors (Lipinski definition) is 3. The van der Waals surface area contributed by atoms with Crippen LogP contribution in [0.15, 0.2) is 23.2 Å². The smallest absolute Gasteiger partial charge is 0.325 e. The summed E-state index contributed by atoms with van der Waals surface area (Å²) in [4.78, 5) is 3.80. The van der Waals surface area contributed by atoms with E-state index in [-0.39, 0.29) is 28.9 Å². The number of nitrogens with zero attached hydrogens (tertiary/aromatic N) is 1. The Labute approximate surface area is 77.3 Å². The quantitative estimate of drug-likeness (QED) is 0.757. The standard InChI is InChI=1S/C7H7F3N2S/c8-7(9,10)13-6-2-1-3-12-5(6)4-11/h1-3H,4,11H2. The Morgan fingerprint density at radius 1 is 1.46 bits per heavy atom. The number of halogens is 3. The third-order valence-corrected chi connectivity index (χ3v) is 2.09. The van der Waals surface area contributed by atoms with Gasteiger partial charge in [-0.1, -0.05) is 0 Å².